The van der Waals surface area contributed by atoms with Crippen LogP contribution in [0.1, 0.15) is 28.6 Å². The van der Waals surface area contributed by atoms with Gasteiger partial charge in [-0.15, -0.1) is 0 Å². The molecule has 1 aromatic carbocycles. The molecule has 0 saturated carbocycles. The molecule has 1 heterocycles. The molecule has 2 rings (SSSR count). The van der Waals surface area contributed by atoms with Crippen molar-refractivity contribution >= 4 is 0 Å². The predicted molar refractivity (Wildman–Crippen MR) is 69.1 cm³/mol. The molecule has 0 aliphatic carbocycles. The molecule has 1 atom stereocenters. The van der Waals surface area contributed by atoms with E-state index < -0.39 is 17.8 Å². The Morgan fingerprint density at radius 3 is 2.45 bits per heavy atom. The van der Waals surface area contributed by atoms with Crippen molar-refractivity contribution in [3.05, 3.63) is 65.0 Å². The number of aromatic nitrogens is 1. The summed E-state index contributed by atoms with van der Waals surface area (Å²) in [4.78, 5) is 4.19. The highest BCUT2D eigenvalue weighted by Crippen LogP contribution is 2.35. The van der Waals surface area contributed by atoms with Gasteiger partial charge in [-0.1, -0.05) is 24.3 Å². The van der Waals surface area contributed by atoms with Crippen LogP contribution in [0.25, 0.3) is 0 Å². The lowest BCUT2D eigenvalue weighted by atomic mass is 9.98. The van der Waals surface area contributed by atoms with E-state index in [2.05, 4.69) is 4.98 Å². The highest BCUT2D eigenvalue weighted by molar-refractivity contribution is 5.32. The molecule has 1 unspecified atom stereocenters. The highest BCUT2D eigenvalue weighted by atomic mass is 19.4. The summed E-state index contributed by atoms with van der Waals surface area (Å²) in [5.41, 5.74) is 0.400. The summed E-state index contributed by atoms with van der Waals surface area (Å²) in [7, 11) is 0. The smallest absolute Gasteiger partial charge is 0.388 e. The zero-order chi connectivity index (χ0) is 14.8. The second-order valence-electron chi connectivity index (χ2n) is 4.58. The highest BCUT2D eigenvalue weighted by Gasteiger charge is 2.34. The molecule has 5 heteroatoms. The molecule has 0 bridgehead atoms. The van der Waals surface area contributed by atoms with E-state index in [-0.39, 0.29) is 12.0 Å². The summed E-state index contributed by atoms with van der Waals surface area (Å²) in [5, 5.41) is 10.1. The summed E-state index contributed by atoms with van der Waals surface area (Å²) in [5.74, 6) is 0. The molecule has 1 N–H and O–H groups in total. The number of nitrogens with zero attached hydrogens (tertiary/aromatic N) is 1. The zero-order valence-electron chi connectivity index (χ0n) is 10.9. The number of alkyl halides is 3. The normalized spacial score (nSPS) is 13.2. The van der Waals surface area contributed by atoms with Crippen molar-refractivity contribution in [2.24, 2.45) is 0 Å². The van der Waals surface area contributed by atoms with E-state index in [4.69, 9.17) is 0 Å². The van der Waals surface area contributed by atoms with Crippen LogP contribution >= 0.6 is 0 Å². The Morgan fingerprint density at radius 1 is 1.10 bits per heavy atom. The molecule has 0 amide bonds. The van der Waals surface area contributed by atoms with Gasteiger partial charge in [-0.25, -0.2) is 0 Å². The lowest BCUT2D eigenvalue weighted by Crippen LogP contribution is -2.13. The maximum absolute atomic E-state index is 12.9. The van der Waals surface area contributed by atoms with Crippen LogP contribution in [-0.4, -0.2) is 10.1 Å². The average Bonchev–Trinajstić information content (AvgIpc) is 2.37. The van der Waals surface area contributed by atoms with Gasteiger partial charge in [0.15, 0.2) is 0 Å². The Balaban J connectivity index is 2.28. The molecule has 0 aliphatic rings. The molecule has 0 spiro atoms. The number of aliphatic hydroxyl groups excluding tert-OH is 1. The van der Waals surface area contributed by atoms with Gasteiger partial charge in [0.05, 0.1) is 11.7 Å². The Bertz CT molecular complexity index is 596. The van der Waals surface area contributed by atoms with Gasteiger partial charge in [-0.2, -0.15) is 13.2 Å². The van der Waals surface area contributed by atoms with Crippen LogP contribution in [0.4, 0.5) is 13.2 Å². The van der Waals surface area contributed by atoms with E-state index in [1.807, 2.05) is 0 Å². The van der Waals surface area contributed by atoms with Gasteiger partial charge in [0.25, 0.3) is 0 Å². The Morgan fingerprint density at radius 2 is 1.80 bits per heavy atom. The third-order valence-corrected chi connectivity index (χ3v) is 2.97. The summed E-state index contributed by atoms with van der Waals surface area (Å²) in [6.07, 6.45) is -5.66. The second kappa shape index (κ2) is 5.63. The molecule has 2 nitrogen and oxygen atoms in total. The van der Waals surface area contributed by atoms with Gasteiger partial charge < -0.3 is 5.11 Å². The van der Waals surface area contributed by atoms with Gasteiger partial charge in [0.1, 0.15) is 0 Å². The van der Waals surface area contributed by atoms with Crippen molar-refractivity contribution in [1.29, 1.82) is 0 Å². The van der Waals surface area contributed by atoms with Gasteiger partial charge >= 0.3 is 6.18 Å². The Labute approximate surface area is 114 Å². The van der Waals surface area contributed by atoms with E-state index in [9.17, 15) is 18.3 Å². The topological polar surface area (TPSA) is 33.1 Å². The van der Waals surface area contributed by atoms with Gasteiger partial charge in [0, 0.05) is 17.8 Å². The average molecular weight is 281 g/mol. The minimum Gasteiger partial charge on any atom is -0.388 e. The van der Waals surface area contributed by atoms with Crippen LogP contribution in [0.2, 0.25) is 0 Å². The number of hydrogen-bond donors (Lipinski definition) is 1. The molecule has 0 saturated heterocycles. The first-order chi connectivity index (χ1) is 9.38. The van der Waals surface area contributed by atoms with Crippen LogP contribution in [0.15, 0.2) is 42.5 Å². The number of aryl methyl sites for hydroxylation is 1. The molecule has 0 aliphatic heterocycles. The van der Waals surface area contributed by atoms with E-state index in [0.29, 0.717) is 5.69 Å². The number of aliphatic hydroxyl groups is 1. The fourth-order valence-corrected chi connectivity index (χ4v) is 2.07. The molecule has 0 fully saturated rings. The molecule has 106 valence electrons. The maximum Gasteiger partial charge on any atom is 0.416 e. The maximum atomic E-state index is 12.9. The number of pyridine rings is 1. The zero-order valence-corrected chi connectivity index (χ0v) is 10.9. The van der Waals surface area contributed by atoms with Crippen molar-refractivity contribution < 1.29 is 18.3 Å². The van der Waals surface area contributed by atoms with E-state index >= 15 is 0 Å². The summed E-state index contributed by atoms with van der Waals surface area (Å²) >= 11 is 0. The lowest BCUT2D eigenvalue weighted by molar-refractivity contribution is -0.139. The van der Waals surface area contributed by atoms with Crippen molar-refractivity contribution in [2.75, 3.05) is 0 Å². The van der Waals surface area contributed by atoms with Crippen LogP contribution in [0.5, 0.6) is 0 Å². The standard InChI is InChI=1S/C15H14F3NO/c1-10-5-4-6-11(19-10)9-14(20)12-7-2-3-8-13(12)15(16,17)18/h2-8,14,20H,9H2,1H3. The predicted octanol–water partition coefficient (Wildman–Crippen LogP) is 3.68. The first kappa shape index (κ1) is 14.5. The first-order valence-electron chi connectivity index (χ1n) is 6.14. The second-order valence-corrected chi connectivity index (χ2v) is 4.58. The molecular weight excluding hydrogens is 267 g/mol. The third kappa shape index (κ3) is 3.36. The van der Waals surface area contributed by atoms with Crippen molar-refractivity contribution in [1.82, 2.24) is 4.98 Å². The summed E-state index contributed by atoms with van der Waals surface area (Å²) < 4.78 is 38.7. The number of rotatable bonds is 3. The van der Waals surface area contributed by atoms with E-state index in [1.165, 1.54) is 18.2 Å². The molecule has 1 aromatic heterocycles. The fourth-order valence-electron chi connectivity index (χ4n) is 2.07. The van der Waals surface area contributed by atoms with E-state index in [1.54, 1.807) is 25.1 Å². The van der Waals surface area contributed by atoms with Gasteiger partial charge in [0.2, 0.25) is 0 Å². The Kier molecular flexibility index (Phi) is 4.09. The first-order valence-corrected chi connectivity index (χ1v) is 6.14. The van der Waals surface area contributed by atoms with Crippen LogP contribution in [0, 0.1) is 6.92 Å². The molecule has 2 aromatic rings. The Hall–Kier alpha value is -1.88. The molecular formula is C15H14F3NO. The van der Waals surface area contributed by atoms with Crippen molar-refractivity contribution in [3.8, 4) is 0 Å². The van der Waals surface area contributed by atoms with Crippen LogP contribution in [-0.2, 0) is 12.6 Å². The number of hydrogen-bond acceptors (Lipinski definition) is 2. The largest absolute Gasteiger partial charge is 0.416 e. The van der Waals surface area contributed by atoms with Crippen LogP contribution in [0.3, 0.4) is 0 Å². The summed E-state index contributed by atoms with van der Waals surface area (Å²) in [6.45, 7) is 1.79. The lowest BCUT2D eigenvalue weighted by Gasteiger charge is -2.17. The van der Waals surface area contributed by atoms with Crippen LogP contribution < -0.4 is 0 Å². The summed E-state index contributed by atoms with van der Waals surface area (Å²) in [6, 6.07) is 10.3. The quantitative estimate of drug-likeness (QED) is 0.930. The van der Waals surface area contributed by atoms with E-state index in [0.717, 1.165) is 11.8 Å². The van der Waals surface area contributed by atoms with Crippen molar-refractivity contribution in [3.63, 3.8) is 0 Å². The fraction of sp³-hybridized carbons (Fsp3) is 0.267. The van der Waals surface area contributed by atoms with Gasteiger partial charge in [-0.05, 0) is 30.7 Å². The minimum absolute atomic E-state index is 0.0504. The van der Waals surface area contributed by atoms with Crippen molar-refractivity contribution in [2.45, 2.75) is 25.6 Å². The molecule has 0 radical (unpaired) electrons. The minimum atomic E-state index is -4.47. The monoisotopic (exact) mass is 281 g/mol. The molecule has 20 heavy (non-hydrogen) atoms. The SMILES string of the molecule is Cc1cccc(CC(O)c2ccccc2C(F)(F)F)n1. The van der Waals surface area contributed by atoms with Gasteiger partial charge in [-0.3, -0.25) is 4.98 Å². The number of halogens is 3. The third-order valence-electron chi connectivity index (χ3n) is 2.97. The number of benzene rings is 1.